The Morgan fingerprint density at radius 1 is 0.531 bits per heavy atom. The van der Waals surface area contributed by atoms with Crippen LogP contribution in [0.1, 0.15) is 25.2 Å². The fourth-order valence-corrected chi connectivity index (χ4v) is 5.32. The molecule has 0 saturated heterocycles. The van der Waals surface area contributed by atoms with E-state index < -0.39 is 24.1 Å². The number of alkyl halides is 6. The highest BCUT2D eigenvalue weighted by Gasteiger charge is 2.38. The molecule has 2 atom stereocenters. The van der Waals surface area contributed by atoms with Gasteiger partial charge in [0.1, 0.15) is 47.5 Å². The van der Waals surface area contributed by atoms with Gasteiger partial charge in [0.2, 0.25) is 0 Å². The first-order valence-electron chi connectivity index (χ1n) is 14.9. The minimum absolute atomic E-state index is 0.253. The highest BCUT2D eigenvalue weighted by Crippen LogP contribution is 2.43. The van der Waals surface area contributed by atoms with Gasteiger partial charge in [-0.05, 0) is 62.4 Å². The van der Waals surface area contributed by atoms with Crippen molar-refractivity contribution in [1.82, 2.24) is 9.97 Å². The van der Waals surface area contributed by atoms with Crippen LogP contribution in [-0.2, 0) is 16.1 Å². The Morgan fingerprint density at radius 2 is 0.918 bits per heavy atom. The quantitative estimate of drug-likeness (QED) is 0.0894. The maximum absolute atomic E-state index is 12.6. The standard InChI is InChI=1S/C32H30F6N6O5/c1-29(41-23-7-3-19(15-25(23)43-29)48-31(33,34)35)27-9-5-21(17-39-27)46-13-11-45-12-14-47-22-6-10-28(40-18-22)30(2)42-24-8-4-20(16-26(24)44-30)49-32(36,37)38/h3-10,15-18,41-44H,11-14H2,1-2H3. The number of aromatic nitrogens is 2. The van der Waals surface area contributed by atoms with E-state index >= 15 is 0 Å². The van der Waals surface area contributed by atoms with Crippen LogP contribution in [0.2, 0.25) is 0 Å². The summed E-state index contributed by atoms with van der Waals surface area (Å²) >= 11 is 0. The van der Waals surface area contributed by atoms with E-state index in [1.165, 1.54) is 36.4 Å². The van der Waals surface area contributed by atoms with Crippen LogP contribution in [0.25, 0.3) is 0 Å². The minimum Gasteiger partial charge on any atom is -0.490 e. The summed E-state index contributed by atoms with van der Waals surface area (Å²) in [7, 11) is 0. The maximum atomic E-state index is 12.6. The van der Waals surface area contributed by atoms with Gasteiger partial charge in [-0.2, -0.15) is 0 Å². The Hall–Kier alpha value is -5.32. The molecule has 0 radical (unpaired) electrons. The van der Waals surface area contributed by atoms with E-state index in [0.29, 0.717) is 45.6 Å². The Balaban J connectivity index is 0.898. The van der Waals surface area contributed by atoms with E-state index in [2.05, 4.69) is 40.7 Å². The molecular weight excluding hydrogens is 662 g/mol. The number of ether oxygens (including phenoxy) is 5. The number of benzene rings is 2. The SMILES string of the molecule is CC1(c2ccc(OCCOCCOc3ccc(C4(C)Nc5ccc(OC(F)(F)F)cc5N4)nc3)cn2)Nc2ccc(OC(F)(F)F)cc2N1. The van der Waals surface area contributed by atoms with Crippen LogP contribution < -0.4 is 40.2 Å². The van der Waals surface area contributed by atoms with Gasteiger partial charge in [-0.25, -0.2) is 0 Å². The van der Waals surface area contributed by atoms with Crippen molar-refractivity contribution in [2.75, 3.05) is 47.7 Å². The molecule has 4 heterocycles. The second-order valence-electron chi connectivity index (χ2n) is 11.3. The number of nitrogens with zero attached hydrogens (tertiary/aromatic N) is 2. The van der Waals surface area contributed by atoms with Gasteiger partial charge in [-0.15, -0.1) is 26.3 Å². The number of halogens is 6. The van der Waals surface area contributed by atoms with Gasteiger partial charge >= 0.3 is 12.7 Å². The van der Waals surface area contributed by atoms with Gasteiger partial charge in [-0.3, -0.25) is 9.97 Å². The third-order valence-electron chi connectivity index (χ3n) is 7.48. The first-order chi connectivity index (χ1) is 23.2. The molecule has 0 spiro atoms. The topological polar surface area (TPSA) is 120 Å². The zero-order valence-corrected chi connectivity index (χ0v) is 26.0. The van der Waals surface area contributed by atoms with Crippen LogP contribution >= 0.6 is 0 Å². The predicted molar refractivity (Wildman–Crippen MR) is 166 cm³/mol. The average molecular weight is 693 g/mol. The van der Waals surface area contributed by atoms with Crippen LogP contribution in [0.5, 0.6) is 23.0 Å². The molecule has 0 bridgehead atoms. The average Bonchev–Trinajstić information content (AvgIpc) is 3.55. The number of pyridine rings is 2. The monoisotopic (exact) mass is 692 g/mol. The Labute approximate surface area is 275 Å². The molecule has 260 valence electrons. The Morgan fingerprint density at radius 3 is 1.29 bits per heavy atom. The molecule has 4 aromatic rings. The highest BCUT2D eigenvalue weighted by atomic mass is 19.4. The largest absolute Gasteiger partial charge is 0.573 e. The third kappa shape index (κ3) is 8.22. The van der Waals surface area contributed by atoms with E-state index in [4.69, 9.17) is 14.2 Å². The molecule has 2 aliphatic heterocycles. The summed E-state index contributed by atoms with van der Waals surface area (Å²) in [6, 6.07) is 14.9. The number of hydrogen-bond acceptors (Lipinski definition) is 11. The van der Waals surface area contributed by atoms with Crippen molar-refractivity contribution in [2.45, 2.75) is 37.9 Å². The molecule has 0 amide bonds. The number of fused-ring (bicyclic) bond motifs is 2. The smallest absolute Gasteiger partial charge is 0.490 e. The fraction of sp³-hybridized carbons (Fsp3) is 0.312. The molecule has 17 heteroatoms. The summed E-state index contributed by atoms with van der Waals surface area (Å²) in [4.78, 5) is 8.88. The summed E-state index contributed by atoms with van der Waals surface area (Å²) in [5.74, 6) is 0.356. The first-order valence-corrected chi connectivity index (χ1v) is 14.9. The first kappa shape index (κ1) is 33.6. The van der Waals surface area contributed by atoms with Crippen LogP contribution in [0, 0.1) is 0 Å². The highest BCUT2D eigenvalue weighted by molar-refractivity contribution is 5.79. The molecule has 6 rings (SSSR count). The van der Waals surface area contributed by atoms with Crippen LogP contribution in [0.4, 0.5) is 49.1 Å². The summed E-state index contributed by atoms with van der Waals surface area (Å²) in [5.41, 5.74) is 1.56. The van der Waals surface area contributed by atoms with Crippen molar-refractivity contribution in [3.63, 3.8) is 0 Å². The van der Waals surface area contributed by atoms with Gasteiger partial charge in [0.25, 0.3) is 0 Å². The van der Waals surface area contributed by atoms with Gasteiger partial charge < -0.3 is 45.0 Å². The molecule has 11 nitrogen and oxygen atoms in total. The predicted octanol–water partition coefficient (Wildman–Crippen LogP) is 7.17. The van der Waals surface area contributed by atoms with E-state index in [-0.39, 0.29) is 37.9 Å². The van der Waals surface area contributed by atoms with E-state index in [1.807, 2.05) is 13.8 Å². The summed E-state index contributed by atoms with van der Waals surface area (Å²) < 4.78 is 100. The molecule has 2 aliphatic rings. The van der Waals surface area contributed by atoms with Crippen molar-refractivity contribution in [3.05, 3.63) is 84.4 Å². The number of nitrogens with one attached hydrogen (secondary N) is 4. The van der Waals surface area contributed by atoms with Crippen LogP contribution in [0.3, 0.4) is 0 Å². The lowest BCUT2D eigenvalue weighted by atomic mass is 10.1. The van der Waals surface area contributed by atoms with E-state index in [9.17, 15) is 26.3 Å². The molecule has 2 aromatic carbocycles. The second kappa shape index (κ2) is 12.9. The minimum atomic E-state index is -4.79. The molecule has 0 saturated carbocycles. The van der Waals surface area contributed by atoms with Gasteiger partial charge in [0.15, 0.2) is 0 Å². The van der Waals surface area contributed by atoms with Gasteiger partial charge in [0.05, 0.1) is 59.7 Å². The van der Waals surface area contributed by atoms with Crippen molar-refractivity contribution >= 4 is 22.7 Å². The Kier molecular flexibility index (Phi) is 8.87. The van der Waals surface area contributed by atoms with Crippen LogP contribution in [-0.4, -0.2) is 49.1 Å². The Bertz CT molecular complexity index is 1650. The maximum Gasteiger partial charge on any atom is 0.573 e. The number of hydrogen-bond donors (Lipinski definition) is 4. The molecule has 0 fully saturated rings. The van der Waals surface area contributed by atoms with Gasteiger partial charge in [-0.1, -0.05) is 0 Å². The third-order valence-corrected chi connectivity index (χ3v) is 7.48. The second-order valence-corrected chi connectivity index (χ2v) is 11.3. The zero-order chi connectivity index (χ0) is 34.9. The van der Waals surface area contributed by atoms with E-state index in [0.717, 1.165) is 0 Å². The molecular formula is C32H30F6N6O5. The van der Waals surface area contributed by atoms with Crippen molar-refractivity contribution < 1.29 is 50.0 Å². The van der Waals surface area contributed by atoms with Gasteiger partial charge in [0, 0.05) is 12.1 Å². The normalized spacial score (nSPS) is 19.4. The molecule has 0 aliphatic carbocycles. The summed E-state index contributed by atoms with van der Waals surface area (Å²) in [6.45, 7) is 4.69. The summed E-state index contributed by atoms with van der Waals surface area (Å²) in [6.07, 6.45) is -6.49. The zero-order valence-electron chi connectivity index (χ0n) is 26.0. The molecule has 4 N–H and O–H groups in total. The van der Waals surface area contributed by atoms with Crippen LogP contribution in [0.15, 0.2) is 73.1 Å². The summed E-state index contributed by atoms with van der Waals surface area (Å²) in [5, 5.41) is 12.7. The number of rotatable bonds is 12. The lowest BCUT2D eigenvalue weighted by Crippen LogP contribution is -2.35. The van der Waals surface area contributed by atoms with Crippen molar-refractivity contribution in [2.24, 2.45) is 0 Å². The van der Waals surface area contributed by atoms with E-state index in [1.54, 1.807) is 36.7 Å². The van der Waals surface area contributed by atoms with Crippen molar-refractivity contribution in [1.29, 1.82) is 0 Å². The molecule has 2 aromatic heterocycles. The molecule has 2 unspecified atom stereocenters. The number of anilines is 4. The van der Waals surface area contributed by atoms with Crippen molar-refractivity contribution in [3.8, 4) is 23.0 Å². The lowest BCUT2D eigenvalue weighted by molar-refractivity contribution is -0.275. The lowest BCUT2D eigenvalue weighted by Gasteiger charge is -2.25. The molecule has 49 heavy (non-hydrogen) atoms. The fourth-order valence-electron chi connectivity index (χ4n) is 5.32.